The lowest BCUT2D eigenvalue weighted by Crippen LogP contribution is -2.00. The van der Waals surface area contributed by atoms with E-state index in [1.54, 1.807) is 6.20 Å². The van der Waals surface area contributed by atoms with Crippen molar-refractivity contribution >= 4 is 0 Å². The van der Waals surface area contributed by atoms with Crippen LogP contribution in [-0.2, 0) is 0 Å². The zero-order valence-electron chi connectivity index (χ0n) is 9.09. The van der Waals surface area contributed by atoms with E-state index in [0.717, 1.165) is 16.8 Å². The first-order chi connectivity index (χ1) is 7.81. The molecule has 0 aliphatic rings. The van der Waals surface area contributed by atoms with Gasteiger partial charge in [0.2, 0.25) is 0 Å². The fraction of sp³-hybridized carbons (Fsp3) is 0.143. The molecule has 0 spiro atoms. The summed E-state index contributed by atoms with van der Waals surface area (Å²) in [6, 6.07) is 15.9. The predicted octanol–water partition coefficient (Wildman–Crippen LogP) is 3.05. The van der Waals surface area contributed by atoms with Gasteiger partial charge in [-0.2, -0.15) is 5.26 Å². The standard InChI is InChI=1S/C14H12N2/c1-11-5-4-6-12(9-11)13(10-15)14-7-2-3-8-16-14/h2-9,13H,1H3. The maximum atomic E-state index is 9.23. The Morgan fingerprint density at radius 3 is 2.69 bits per heavy atom. The highest BCUT2D eigenvalue weighted by molar-refractivity contribution is 5.36. The van der Waals surface area contributed by atoms with Crippen molar-refractivity contribution < 1.29 is 0 Å². The largest absolute Gasteiger partial charge is 0.260 e. The summed E-state index contributed by atoms with van der Waals surface area (Å²) in [4.78, 5) is 4.23. The molecular weight excluding hydrogens is 196 g/mol. The molecule has 2 heteroatoms. The molecule has 0 aliphatic carbocycles. The van der Waals surface area contributed by atoms with Gasteiger partial charge in [-0.15, -0.1) is 0 Å². The van der Waals surface area contributed by atoms with Gasteiger partial charge in [-0.1, -0.05) is 35.9 Å². The number of aryl methyl sites for hydroxylation is 1. The minimum Gasteiger partial charge on any atom is -0.260 e. The lowest BCUT2D eigenvalue weighted by atomic mass is 9.95. The number of nitrogens with zero attached hydrogens (tertiary/aromatic N) is 2. The lowest BCUT2D eigenvalue weighted by molar-refractivity contribution is 0.964. The highest BCUT2D eigenvalue weighted by Crippen LogP contribution is 2.22. The average Bonchev–Trinajstić information content (AvgIpc) is 2.31. The quantitative estimate of drug-likeness (QED) is 0.760. The Labute approximate surface area is 95.2 Å². The van der Waals surface area contributed by atoms with Crippen molar-refractivity contribution in [1.29, 1.82) is 5.26 Å². The molecule has 0 fully saturated rings. The van der Waals surface area contributed by atoms with Crippen molar-refractivity contribution in [3.05, 3.63) is 65.5 Å². The topological polar surface area (TPSA) is 36.7 Å². The van der Waals surface area contributed by atoms with E-state index >= 15 is 0 Å². The first kappa shape index (κ1) is 10.4. The van der Waals surface area contributed by atoms with Gasteiger partial charge in [0.25, 0.3) is 0 Å². The van der Waals surface area contributed by atoms with Gasteiger partial charge in [0.05, 0.1) is 11.8 Å². The fourth-order valence-corrected chi connectivity index (χ4v) is 1.71. The van der Waals surface area contributed by atoms with E-state index in [0.29, 0.717) is 0 Å². The summed E-state index contributed by atoms with van der Waals surface area (Å²) in [5, 5.41) is 9.23. The molecular formula is C14H12N2. The zero-order chi connectivity index (χ0) is 11.4. The summed E-state index contributed by atoms with van der Waals surface area (Å²) < 4.78 is 0. The molecule has 1 aromatic carbocycles. The van der Waals surface area contributed by atoms with Gasteiger partial charge in [0.1, 0.15) is 5.92 Å². The normalized spacial score (nSPS) is 11.8. The molecule has 1 unspecified atom stereocenters. The number of rotatable bonds is 2. The molecule has 0 saturated heterocycles. The van der Waals surface area contributed by atoms with E-state index in [4.69, 9.17) is 0 Å². The molecule has 0 N–H and O–H groups in total. The minimum absolute atomic E-state index is 0.277. The van der Waals surface area contributed by atoms with Crippen molar-refractivity contribution in [2.24, 2.45) is 0 Å². The van der Waals surface area contributed by atoms with Gasteiger partial charge in [-0.3, -0.25) is 4.98 Å². The first-order valence-electron chi connectivity index (χ1n) is 5.18. The summed E-state index contributed by atoms with van der Waals surface area (Å²) in [7, 11) is 0. The van der Waals surface area contributed by atoms with Crippen molar-refractivity contribution in [2.45, 2.75) is 12.8 Å². The van der Waals surface area contributed by atoms with Crippen LogP contribution in [0.15, 0.2) is 48.7 Å². The number of nitriles is 1. The van der Waals surface area contributed by atoms with Crippen molar-refractivity contribution in [3.8, 4) is 6.07 Å². The van der Waals surface area contributed by atoms with Crippen LogP contribution in [0.1, 0.15) is 22.7 Å². The smallest absolute Gasteiger partial charge is 0.113 e. The van der Waals surface area contributed by atoms with Crippen LogP contribution >= 0.6 is 0 Å². The van der Waals surface area contributed by atoms with Crippen molar-refractivity contribution in [1.82, 2.24) is 4.98 Å². The highest BCUT2D eigenvalue weighted by atomic mass is 14.7. The number of aromatic nitrogens is 1. The Balaban J connectivity index is 2.42. The molecule has 1 heterocycles. The molecule has 1 atom stereocenters. The summed E-state index contributed by atoms with van der Waals surface area (Å²) in [6.45, 7) is 2.02. The van der Waals surface area contributed by atoms with Gasteiger partial charge >= 0.3 is 0 Å². The summed E-state index contributed by atoms with van der Waals surface area (Å²) in [5.41, 5.74) is 2.96. The molecule has 2 aromatic rings. The SMILES string of the molecule is Cc1cccc(C(C#N)c2ccccn2)c1. The monoisotopic (exact) mass is 208 g/mol. The van der Waals surface area contributed by atoms with E-state index < -0.39 is 0 Å². The van der Waals surface area contributed by atoms with Crippen LogP contribution in [0, 0.1) is 18.3 Å². The molecule has 0 saturated carbocycles. The van der Waals surface area contributed by atoms with Crippen LogP contribution in [0.4, 0.5) is 0 Å². The Kier molecular flexibility index (Phi) is 2.98. The van der Waals surface area contributed by atoms with Gasteiger partial charge in [-0.05, 0) is 24.6 Å². The van der Waals surface area contributed by atoms with E-state index in [1.807, 2.05) is 49.4 Å². The van der Waals surface area contributed by atoms with E-state index in [1.165, 1.54) is 0 Å². The molecule has 2 rings (SSSR count). The van der Waals surface area contributed by atoms with Gasteiger partial charge in [0.15, 0.2) is 0 Å². The molecule has 2 nitrogen and oxygen atoms in total. The maximum Gasteiger partial charge on any atom is 0.113 e. The Morgan fingerprint density at radius 1 is 1.19 bits per heavy atom. The van der Waals surface area contributed by atoms with E-state index in [9.17, 15) is 5.26 Å². The number of hydrogen-bond acceptors (Lipinski definition) is 2. The highest BCUT2D eigenvalue weighted by Gasteiger charge is 2.13. The van der Waals surface area contributed by atoms with Crippen molar-refractivity contribution in [2.75, 3.05) is 0 Å². The number of hydrogen-bond donors (Lipinski definition) is 0. The molecule has 0 aliphatic heterocycles. The Hall–Kier alpha value is -2.14. The summed E-state index contributed by atoms with van der Waals surface area (Å²) >= 11 is 0. The number of benzene rings is 1. The Bertz CT molecular complexity index is 512. The van der Waals surface area contributed by atoms with E-state index in [2.05, 4.69) is 11.1 Å². The van der Waals surface area contributed by atoms with Crippen LogP contribution in [0.5, 0.6) is 0 Å². The fourth-order valence-electron chi connectivity index (χ4n) is 1.71. The molecule has 0 bridgehead atoms. The van der Waals surface area contributed by atoms with Crippen LogP contribution < -0.4 is 0 Å². The van der Waals surface area contributed by atoms with E-state index in [-0.39, 0.29) is 5.92 Å². The van der Waals surface area contributed by atoms with Crippen LogP contribution in [0.25, 0.3) is 0 Å². The Morgan fingerprint density at radius 2 is 2.06 bits per heavy atom. The second-order valence-electron chi connectivity index (χ2n) is 3.73. The second-order valence-corrected chi connectivity index (χ2v) is 3.73. The predicted molar refractivity (Wildman–Crippen MR) is 62.9 cm³/mol. The third-order valence-corrected chi connectivity index (χ3v) is 2.49. The van der Waals surface area contributed by atoms with Gasteiger partial charge in [-0.25, -0.2) is 0 Å². The molecule has 78 valence electrons. The van der Waals surface area contributed by atoms with Crippen LogP contribution in [0.3, 0.4) is 0 Å². The lowest BCUT2D eigenvalue weighted by Gasteiger charge is -2.09. The maximum absolute atomic E-state index is 9.23. The molecule has 0 radical (unpaired) electrons. The zero-order valence-corrected chi connectivity index (χ0v) is 9.09. The first-order valence-corrected chi connectivity index (χ1v) is 5.18. The second kappa shape index (κ2) is 4.59. The molecule has 1 aromatic heterocycles. The minimum atomic E-state index is -0.277. The van der Waals surface area contributed by atoms with Crippen molar-refractivity contribution in [3.63, 3.8) is 0 Å². The third kappa shape index (κ3) is 2.09. The third-order valence-electron chi connectivity index (χ3n) is 2.49. The average molecular weight is 208 g/mol. The molecule has 0 amide bonds. The van der Waals surface area contributed by atoms with Gasteiger partial charge in [0, 0.05) is 6.20 Å². The van der Waals surface area contributed by atoms with Crippen LogP contribution in [0.2, 0.25) is 0 Å². The summed E-state index contributed by atoms with van der Waals surface area (Å²) in [6.07, 6.45) is 1.72. The van der Waals surface area contributed by atoms with Crippen LogP contribution in [-0.4, -0.2) is 4.98 Å². The molecule has 16 heavy (non-hydrogen) atoms. The number of pyridine rings is 1. The summed E-state index contributed by atoms with van der Waals surface area (Å²) in [5.74, 6) is -0.277. The van der Waals surface area contributed by atoms with Gasteiger partial charge < -0.3 is 0 Å².